The van der Waals surface area contributed by atoms with Crippen LogP contribution in [-0.2, 0) is 45.1 Å². The largest absolute Gasteiger partial charge is 0.0718 e. The van der Waals surface area contributed by atoms with Gasteiger partial charge in [0.15, 0.2) is 0 Å². The summed E-state index contributed by atoms with van der Waals surface area (Å²) in [4.78, 5) is 0. The van der Waals surface area contributed by atoms with E-state index in [1.165, 1.54) is 41.9 Å². The van der Waals surface area contributed by atoms with Crippen LogP contribution < -0.4 is 0 Å². The Labute approximate surface area is 139 Å². The van der Waals surface area contributed by atoms with Gasteiger partial charge in [-0.1, -0.05) is 54.6 Å². The first kappa shape index (κ1) is 14.0. The summed E-state index contributed by atoms with van der Waals surface area (Å²) in [6, 6.07) is 15.6. The molecule has 0 spiro atoms. The molecule has 2 aliphatic carbocycles. The second kappa shape index (κ2) is 5.81. The van der Waals surface area contributed by atoms with Crippen LogP contribution in [0.25, 0.3) is 6.08 Å². The zero-order valence-electron chi connectivity index (χ0n) is 11.5. The summed E-state index contributed by atoms with van der Waals surface area (Å²) >= 11 is 0. The monoisotopic (exact) mass is 425 g/mol. The second-order valence-electron chi connectivity index (χ2n) is 5.58. The summed E-state index contributed by atoms with van der Waals surface area (Å²) in [6.45, 7) is 0. The smallest absolute Gasteiger partial charge is 0.0317 e. The van der Waals surface area contributed by atoms with E-state index >= 15 is 0 Å². The van der Waals surface area contributed by atoms with Crippen LogP contribution in [-0.4, -0.2) is 0 Å². The van der Waals surface area contributed by atoms with Gasteiger partial charge in [-0.25, -0.2) is 0 Å². The van der Waals surface area contributed by atoms with Gasteiger partial charge in [0.25, 0.3) is 0 Å². The molecule has 0 aromatic heterocycles. The van der Waals surface area contributed by atoms with Gasteiger partial charge in [0.1, 0.15) is 0 Å². The van der Waals surface area contributed by atoms with E-state index in [2.05, 4.69) is 54.6 Å². The third-order valence-corrected chi connectivity index (χ3v) is 4.31. The molecule has 0 nitrogen and oxygen atoms in total. The average Bonchev–Trinajstić information content (AvgIpc) is 3.05. The van der Waals surface area contributed by atoms with Gasteiger partial charge < -0.3 is 0 Å². The molecule has 2 aromatic rings. The SMILES string of the molecule is C1=Cc2cc3c(cc2[C]1Cc1ccccc1)CCC3.[Hf]. The number of fused-ring (bicyclic) bond motifs is 2. The number of benzene rings is 2. The Morgan fingerprint density at radius 3 is 2.40 bits per heavy atom. The van der Waals surface area contributed by atoms with E-state index in [0.29, 0.717) is 0 Å². The molecule has 0 N–H and O–H groups in total. The number of hydrogen-bond acceptors (Lipinski definition) is 0. The van der Waals surface area contributed by atoms with Crippen LogP contribution in [0, 0.1) is 5.92 Å². The summed E-state index contributed by atoms with van der Waals surface area (Å²) in [5, 5.41) is 0. The fourth-order valence-corrected chi connectivity index (χ4v) is 3.31. The first-order valence-electron chi connectivity index (χ1n) is 7.14. The van der Waals surface area contributed by atoms with Gasteiger partial charge in [-0.15, -0.1) is 0 Å². The summed E-state index contributed by atoms with van der Waals surface area (Å²) in [5.74, 6) is 1.47. The van der Waals surface area contributed by atoms with Crippen LogP contribution in [0.15, 0.2) is 48.5 Å². The molecule has 1 heteroatoms. The molecule has 97 valence electrons. The third-order valence-electron chi connectivity index (χ3n) is 4.31. The van der Waals surface area contributed by atoms with Gasteiger partial charge in [0.2, 0.25) is 0 Å². The second-order valence-corrected chi connectivity index (χ2v) is 5.58. The van der Waals surface area contributed by atoms with Crippen molar-refractivity contribution in [1.29, 1.82) is 0 Å². The maximum atomic E-state index is 2.44. The fraction of sp³-hybridized carbons (Fsp3) is 0.211. The molecule has 1 radical (unpaired) electrons. The van der Waals surface area contributed by atoms with E-state index in [1.54, 1.807) is 11.1 Å². The van der Waals surface area contributed by atoms with Gasteiger partial charge in [-0.2, -0.15) is 0 Å². The number of allylic oxidation sites excluding steroid dienone is 1. The zero-order chi connectivity index (χ0) is 12.7. The Hall–Kier alpha value is -0.950. The van der Waals surface area contributed by atoms with Crippen molar-refractivity contribution in [2.75, 3.05) is 0 Å². The minimum Gasteiger partial charge on any atom is -0.0718 e. The molecule has 0 bridgehead atoms. The fourth-order valence-electron chi connectivity index (χ4n) is 3.31. The first-order chi connectivity index (χ1) is 9.40. The van der Waals surface area contributed by atoms with E-state index in [-0.39, 0.29) is 25.8 Å². The minimum absolute atomic E-state index is 0. The van der Waals surface area contributed by atoms with Gasteiger partial charge >= 0.3 is 0 Å². The Morgan fingerprint density at radius 1 is 0.850 bits per heavy atom. The third kappa shape index (κ3) is 2.48. The van der Waals surface area contributed by atoms with Crippen LogP contribution >= 0.6 is 0 Å². The molecule has 4 rings (SSSR count). The predicted molar refractivity (Wildman–Crippen MR) is 80.0 cm³/mol. The summed E-state index contributed by atoms with van der Waals surface area (Å²) in [7, 11) is 0. The average molecular weight is 424 g/mol. The number of aryl methyl sites for hydroxylation is 2. The van der Waals surface area contributed by atoms with Crippen molar-refractivity contribution < 1.29 is 25.8 Å². The number of hydrogen-bond donors (Lipinski definition) is 0. The molecule has 0 aliphatic heterocycles. The molecule has 0 heterocycles. The van der Waals surface area contributed by atoms with Crippen molar-refractivity contribution in [3.63, 3.8) is 0 Å². The Bertz CT molecular complexity index is 640. The summed E-state index contributed by atoms with van der Waals surface area (Å²) < 4.78 is 0. The molecule has 0 saturated carbocycles. The molecular formula is C19H17Hf. The van der Waals surface area contributed by atoms with E-state index in [1.807, 2.05) is 0 Å². The van der Waals surface area contributed by atoms with Crippen molar-refractivity contribution in [2.24, 2.45) is 0 Å². The zero-order valence-corrected chi connectivity index (χ0v) is 15.1. The summed E-state index contributed by atoms with van der Waals surface area (Å²) in [5.41, 5.74) is 7.43. The Kier molecular flexibility index (Phi) is 4.07. The van der Waals surface area contributed by atoms with Gasteiger partial charge in [-0.05, 0) is 53.5 Å². The first-order valence-corrected chi connectivity index (χ1v) is 7.14. The topological polar surface area (TPSA) is 0 Å². The quantitative estimate of drug-likeness (QED) is 0.629. The molecule has 0 fully saturated rings. The van der Waals surface area contributed by atoms with Crippen LogP contribution in [0.3, 0.4) is 0 Å². The summed E-state index contributed by atoms with van der Waals surface area (Å²) in [6.07, 6.45) is 9.49. The van der Waals surface area contributed by atoms with Crippen LogP contribution in [0.2, 0.25) is 0 Å². The molecule has 0 saturated heterocycles. The predicted octanol–water partition coefficient (Wildman–Crippen LogP) is 4.36. The molecule has 0 unspecified atom stereocenters. The van der Waals surface area contributed by atoms with Gasteiger partial charge in [0.05, 0.1) is 0 Å². The standard InChI is InChI=1S/C19H17.Hf/c1-2-5-14(6-3-1)11-17-9-10-18-12-15-7-4-8-16(15)13-19(17)18;/h1-3,5-6,9-10,12-13H,4,7-8,11H2;. The van der Waals surface area contributed by atoms with Crippen molar-refractivity contribution >= 4 is 6.08 Å². The van der Waals surface area contributed by atoms with E-state index in [9.17, 15) is 0 Å². The molecule has 20 heavy (non-hydrogen) atoms. The Balaban J connectivity index is 0.00000121. The minimum atomic E-state index is 0. The van der Waals surface area contributed by atoms with Crippen LogP contribution in [0.4, 0.5) is 0 Å². The molecule has 0 atom stereocenters. The van der Waals surface area contributed by atoms with E-state index in [0.717, 1.165) is 6.42 Å². The van der Waals surface area contributed by atoms with Crippen LogP contribution in [0.1, 0.15) is 34.2 Å². The van der Waals surface area contributed by atoms with Crippen molar-refractivity contribution in [3.8, 4) is 0 Å². The maximum absolute atomic E-state index is 2.44. The molecule has 2 aromatic carbocycles. The van der Waals surface area contributed by atoms with Gasteiger partial charge in [0, 0.05) is 31.8 Å². The van der Waals surface area contributed by atoms with Gasteiger partial charge in [-0.3, -0.25) is 0 Å². The van der Waals surface area contributed by atoms with Crippen molar-refractivity contribution in [1.82, 2.24) is 0 Å². The van der Waals surface area contributed by atoms with Crippen molar-refractivity contribution in [3.05, 3.63) is 82.3 Å². The number of rotatable bonds is 2. The van der Waals surface area contributed by atoms with Crippen molar-refractivity contribution in [2.45, 2.75) is 25.7 Å². The maximum Gasteiger partial charge on any atom is 0.0317 e. The molecule has 2 aliphatic rings. The molecule has 0 amide bonds. The Morgan fingerprint density at radius 2 is 1.60 bits per heavy atom. The van der Waals surface area contributed by atoms with Crippen LogP contribution in [0.5, 0.6) is 0 Å². The van der Waals surface area contributed by atoms with E-state index in [4.69, 9.17) is 0 Å². The molecular weight excluding hydrogens is 407 g/mol. The van der Waals surface area contributed by atoms with E-state index < -0.39 is 0 Å². The normalized spacial score (nSPS) is 15.8.